The molecule has 0 radical (unpaired) electrons. The van der Waals surface area contributed by atoms with Gasteiger partial charge in [0.2, 0.25) is 5.13 Å². The van der Waals surface area contributed by atoms with Crippen molar-refractivity contribution in [3.05, 3.63) is 5.82 Å². The Morgan fingerprint density at radius 1 is 1.31 bits per heavy atom. The molecule has 0 aromatic carbocycles. The summed E-state index contributed by atoms with van der Waals surface area (Å²) in [6.45, 7) is 3.15. The Hall–Kier alpha value is -0.640. The van der Waals surface area contributed by atoms with Crippen molar-refractivity contribution in [3.8, 4) is 0 Å². The van der Waals surface area contributed by atoms with E-state index in [4.69, 9.17) is 0 Å². The maximum absolute atomic E-state index is 4.41. The van der Waals surface area contributed by atoms with Gasteiger partial charge in [-0.3, -0.25) is 0 Å². The normalized spacial score (nSPS) is 17.6. The van der Waals surface area contributed by atoms with Crippen molar-refractivity contribution >= 4 is 16.7 Å². The maximum atomic E-state index is 4.41. The van der Waals surface area contributed by atoms with E-state index in [1.54, 1.807) is 0 Å². The van der Waals surface area contributed by atoms with Crippen LogP contribution in [-0.4, -0.2) is 15.9 Å². The Labute approximate surface area is 102 Å². The summed E-state index contributed by atoms with van der Waals surface area (Å²) >= 11 is 1.49. The van der Waals surface area contributed by atoms with Gasteiger partial charge in [0, 0.05) is 24.5 Å². The topological polar surface area (TPSA) is 37.8 Å². The highest BCUT2D eigenvalue weighted by Gasteiger charge is 2.12. The molecule has 1 aliphatic carbocycles. The van der Waals surface area contributed by atoms with Gasteiger partial charge in [0.15, 0.2) is 0 Å². The molecular weight excluding hydrogens is 218 g/mol. The lowest BCUT2D eigenvalue weighted by Gasteiger charge is -2.21. The largest absolute Gasteiger partial charge is 0.360 e. The first kappa shape index (κ1) is 11.8. The molecule has 1 aromatic rings. The minimum atomic E-state index is 0.931. The molecule has 1 aromatic heterocycles. The smallest absolute Gasteiger partial charge is 0.202 e. The quantitative estimate of drug-likeness (QED) is 0.854. The molecule has 90 valence electrons. The van der Waals surface area contributed by atoms with Crippen molar-refractivity contribution in [2.45, 2.75) is 51.9 Å². The van der Waals surface area contributed by atoms with E-state index < -0.39 is 0 Å². The molecule has 3 nitrogen and oxygen atoms in total. The van der Waals surface area contributed by atoms with E-state index in [9.17, 15) is 0 Å². The molecular formula is C12H21N3S. The van der Waals surface area contributed by atoms with Crippen molar-refractivity contribution in [1.82, 2.24) is 9.36 Å². The van der Waals surface area contributed by atoms with E-state index in [2.05, 4.69) is 21.6 Å². The molecule has 0 atom stereocenters. The second kappa shape index (κ2) is 6.18. The number of nitrogens with zero attached hydrogens (tertiary/aromatic N) is 2. The van der Waals surface area contributed by atoms with Crippen LogP contribution >= 0.6 is 11.5 Å². The van der Waals surface area contributed by atoms with Crippen LogP contribution in [0.4, 0.5) is 5.13 Å². The van der Waals surface area contributed by atoms with Crippen LogP contribution in [0.5, 0.6) is 0 Å². The third kappa shape index (κ3) is 3.44. The van der Waals surface area contributed by atoms with Crippen LogP contribution in [-0.2, 0) is 6.42 Å². The fourth-order valence-electron chi connectivity index (χ4n) is 2.33. The van der Waals surface area contributed by atoms with Crippen molar-refractivity contribution in [2.75, 3.05) is 11.9 Å². The fraction of sp³-hybridized carbons (Fsp3) is 0.833. The molecule has 0 unspecified atom stereocenters. The minimum Gasteiger partial charge on any atom is -0.360 e. The number of aromatic nitrogens is 2. The Morgan fingerprint density at radius 3 is 2.81 bits per heavy atom. The van der Waals surface area contributed by atoms with Gasteiger partial charge >= 0.3 is 0 Å². The monoisotopic (exact) mass is 239 g/mol. The number of hydrogen-bond donors (Lipinski definition) is 1. The molecule has 1 N–H and O–H groups in total. The summed E-state index contributed by atoms with van der Waals surface area (Å²) in [6, 6.07) is 0. The van der Waals surface area contributed by atoms with Gasteiger partial charge in [-0.25, -0.2) is 4.98 Å². The first-order chi connectivity index (χ1) is 7.88. The van der Waals surface area contributed by atoms with Crippen molar-refractivity contribution < 1.29 is 0 Å². The van der Waals surface area contributed by atoms with E-state index in [1.807, 2.05) is 0 Å². The van der Waals surface area contributed by atoms with Crippen LogP contribution in [0.25, 0.3) is 0 Å². The van der Waals surface area contributed by atoms with Crippen molar-refractivity contribution in [2.24, 2.45) is 5.92 Å². The molecule has 2 rings (SSSR count). The lowest BCUT2D eigenvalue weighted by molar-refractivity contribution is 0.345. The average molecular weight is 239 g/mol. The SMILES string of the molecule is CCc1nsc(NCCC2CCCCC2)n1. The second-order valence-corrected chi connectivity index (χ2v) is 5.34. The zero-order valence-corrected chi connectivity index (χ0v) is 10.9. The number of nitrogens with one attached hydrogen (secondary N) is 1. The van der Waals surface area contributed by atoms with Crippen molar-refractivity contribution in [3.63, 3.8) is 0 Å². The van der Waals surface area contributed by atoms with E-state index >= 15 is 0 Å². The number of rotatable bonds is 5. The third-order valence-corrected chi connectivity index (χ3v) is 4.05. The number of anilines is 1. The van der Waals surface area contributed by atoms with Gasteiger partial charge in [-0.2, -0.15) is 4.37 Å². The summed E-state index contributed by atoms with van der Waals surface area (Å²) in [5.74, 6) is 1.91. The molecule has 0 saturated heterocycles. The zero-order valence-electron chi connectivity index (χ0n) is 10.0. The Kier molecular flexibility index (Phi) is 4.57. The van der Waals surface area contributed by atoms with E-state index in [0.717, 1.165) is 29.8 Å². The zero-order chi connectivity index (χ0) is 11.2. The first-order valence-corrected chi connectivity index (χ1v) is 7.22. The third-order valence-electron chi connectivity index (χ3n) is 3.34. The fourth-order valence-corrected chi connectivity index (χ4v) is 3.00. The molecule has 1 heterocycles. The lowest BCUT2D eigenvalue weighted by atomic mass is 9.87. The average Bonchev–Trinajstić information content (AvgIpc) is 2.78. The Morgan fingerprint density at radius 2 is 2.12 bits per heavy atom. The summed E-state index contributed by atoms with van der Waals surface area (Å²) in [5.41, 5.74) is 0. The van der Waals surface area contributed by atoms with Crippen LogP contribution in [0, 0.1) is 5.92 Å². The highest BCUT2D eigenvalue weighted by molar-refractivity contribution is 7.09. The second-order valence-electron chi connectivity index (χ2n) is 4.59. The van der Waals surface area contributed by atoms with E-state index in [1.165, 1.54) is 50.1 Å². The standard InChI is InChI=1S/C12H21N3S/c1-2-11-14-12(16-15-11)13-9-8-10-6-4-3-5-7-10/h10H,2-9H2,1H3,(H,13,14,15). The highest BCUT2D eigenvalue weighted by Crippen LogP contribution is 2.26. The summed E-state index contributed by atoms with van der Waals surface area (Å²) < 4.78 is 4.27. The predicted molar refractivity (Wildman–Crippen MR) is 69.0 cm³/mol. The molecule has 0 spiro atoms. The Balaban J connectivity index is 1.66. The van der Waals surface area contributed by atoms with Crippen LogP contribution in [0.1, 0.15) is 51.3 Å². The van der Waals surface area contributed by atoms with E-state index in [0.29, 0.717) is 0 Å². The molecule has 0 aliphatic heterocycles. The molecule has 1 aliphatic rings. The maximum Gasteiger partial charge on any atom is 0.202 e. The lowest BCUT2D eigenvalue weighted by Crippen LogP contribution is -2.12. The van der Waals surface area contributed by atoms with Crippen LogP contribution in [0.2, 0.25) is 0 Å². The van der Waals surface area contributed by atoms with Crippen molar-refractivity contribution in [1.29, 1.82) is 0 Å². The number of aryl methyl sites for hydroxylation is 1. The van der Waals surface area contributed by atoms with Gasteiger partial charge in [-0.1, -0.05) is 39.0 Å². The molecule has 16 heavy (non-hydrogen) atoms. The van der Waals surface area contributed by atoms with Crippen LogP contribution < -0.4 is 5.32 Å². The highest BCUT2D eigenvalue weighted by atomic mass is 32.1. The molecule has 1 fully saturated rings. The summed E-state index contributed by atoms with van der Waals surface area (Å²) in [6.07, 6.45) is 9.39. The summed E-state index contributed by atoms with van der Waals surface area (Å²) in [4.78, 5) is 4.41. The number of hydrogen-bond acceptors (Lipinski definition) is 4. The minimum absolute atomic E-state index is 0.931. The Bertz CT molecular complexity index is 305. The van der Waals surface area contributed by atoms with Gasteiger partial charge in [-0.05, 0) is 12.3 Å². The van der Waals surface area contributed by atoms with Gasteiger partial charge < -0.3 is 5.32 Å². The molecule has 0 bridgehead atoms. The van der Waals surface area contributed by atoms with Gasteiger partial charge in [-0.15, -0.1) is 0 Å². The molecule has 0 amide bonds. The van der Waals surface area contributed by atoms with Gasteiger partial charge in [0.25, 0.3) is 0 Å². The first-order valence-electron chi connectivity index (χ1n) is 6.45. The molecule has 4 heteroatoms. The van der Waals surface area contributed by atoms with Gasteiger partial charge in [0.1, 0.15) is 5.82 Å². The molecule has 1 saturated carbocycles. The van der Waals surface area contributed by atoms with Crippen LogP contribution in [0.15, 0.2) is 0 Å². The predicted octanol–water partition coefficient (Wildman–Crippen LogP) is 3.48. The summed E-state index contributed by atoms with van der Waals surface area (Å²) in [5, 5.41) is 4.38. The van der Waals surface area contributed by atoms with Crippen LogP contribution in [0.3, 0.4) is 0 Å². The van der Waals surface area contributed by atoms with E-state index in [-0.39, 0.29) is 0 Å². The van der Waals surface area contributed by atoms with Gasteiger partial charge in [0.05, 0.1) is 0 Å². The summed E-state index contributed by atoms with van der Waals surface area (Å²) in [7, 11) is 0.